The molecule has 1 aliphatic heterocycles. The molecule has 0 atom stereocenters. The van der Waals surface area contributed by atoms with E-state index in [4.69, 9.17) is 0 Å². The van der Waals surface area contributed by atoms with Crippen LogP contribution in [-0.4, -0.2) is 64.9 Å². The van der Waals surface area contributed by atoms with Gasteiger partial charge in [0.15, 0.2) is 4.34 Å². The number of nitrogens with zero attached hydrogens (tertiary/aromatic N) is 4. The van der Waals surface area contributed by atoms with Gasteiger partial charge in [-0.3, -0.25) is 9.59 Å². The Kier molecular flexibility index (Phi) is 7.61. The number of hydrogen-bond donors (Lipinski definition) is 1. The molecule has 2 amide bonds. The Labute approximate surface area is 202 Å². The van der Waals surface area contributed by atoms with Gasteiger partial charge in [0.2, 0.25) is 11.0 Å². The first-order chi connectivity index (χ1) is 16.0. The normalized spacial score (nSPS) is 13.9. The van der Waals surface area contributed by atoms with Gasteiger partial charge in [0, 0.05) is 37.8 Å². The molecule has 33 heavy (non-hydrogen) atoms. The highest BCUT2D eigenvalue weighted by Gasteiger charge is 2.24. The number of aromatic nitrogens is 2. The molecule has 1 N–H and O–H groups in total. The lowest BCUT2D eigenvalue weighted by molar-refractivity contribution is -0.119. The van der Waals surface area contributed by atoms with Crippen LogP contribution in [0.4, 0.5) is 5.13 Å². The van der Waals surface area contributed by atoms with Gasteiger partial charge in [-0.15, -0.1) is 10.2 Å². The van der Waals surface area contributed by atoms with Crippen molar-refractivity contribution in [2.24, 2.45) is 0 Å². The first-order valence-corrected chi connectivity index (χ1v) is 12.7. The van der Waals surface area contributed by atoms with Crippen molar-refractivity contribution in [3.8, 4) is 11.1 Å². The maximum absolute atomic E-state index is 13.0. The Bertz CT molecular complexity index is 1080. The Hall–Kier alpha value is -2.91. The van der Waals surface area contributed by atoms with E-state index in [2.05, 4.69) is 32.5 Å². The molecule has 1 aromatic heterocycles. The van der Waals surface area contributed by atoms with Crippen molar-refractivity contribution < 1.29 is 9.59 Å². The van der Waals surface area contributed by atoms with E-state index >= 15 is 0 Å². The minimum Gasteiger partial charge on any atom is -0.353 e. The summed E-state index contributed by atoms with van der Waals surface area (Å²) in [6, 6.07) is 18.1. The first-order valence-electron chi connectivity index (χ1n) is 10.9. The molecular formula is C24H27N5O2S2. The highest BCUT2D eigenvalue weighted by Crippen LogP contribution is 2.29. The summed E-state index contributed by atoms with van der Waals surface area (Å²) in [4.78, 5) is 28.8. The fourth-order valence-corrected chi connectivity index (χ4v) is 5.30. The van der Waals surface area contributed by atoms with Crippen molar-refractivity contribution in [2.75, 3.05) is 36.8 Å². The molecule has 1 fully saturated rings. The molecular weight excluding hydrogens is 454 g/mol. The molecule has 172 valence electrons. The molecule has 4 rings (SSSR count). The second kappa shape index (κ2) is 10.8. The SMILES string of the molecule is CC(C)NC(=O)CSc1nnc(N2CCN(C(=O)c3ccc(-c4ccccc4)cc3)CC2)s1. The van der Waals surface area contributed by atoms with E-state index in [-0.39, 0.29) is 17.9 Å². The van der Waals surface area contributed by atoms with Gasteiger partial charge in [-0.2, -0.15) is 0 Å². The molecule has 0 bridgehead atoms. The third kappa shape index (κ3) is 6.11. The molecule has 0 spiro atoms. The van der Waals surface area contributed by atoms with E-state index in [1.54, 1.807) is 0 Å². The predicted octanol–water partition coefficient (Wildman–Crippen LogP) is 3.78. The van der Waals surface area contributed by atoms with Crippen LogP contribution in [0.3, 0.4) is 0 Å². The summed E-state index contributed by atoms with van der Waals surface area (Å²) in [6.07, 6.45) is 0. The third-order valence-electron chi connectivity index (χ3n) is 5.25. The summed E-state index contributed by atoms with van der Waals surface area (Å²) in [5.41, 5.74) is 2.95. The fraction of sp³-hybridized carbons (Fsp3) is 0.333. The number of thioether (sulfide) groups is 1. The summed E-state index contributed by atoms with van der Waals surface area (Å²) in [5.74, 6) is 0.382. The topological polar surface area (TPSA) is 78.4 Å². The summed E-state index contributed by atoms with van der Waals surface area (Å²) < 4.78 is 0.779. The Balaban J connectivity index is 1.29. The van der Waals surface area contributed by atoms with Gasteiger partial charge in [0.05, 0.1) is 5.75 Å². The van der Waals surface area contributed by atoms with Gasteiger partial charge in [-0.25, -0.2) is 0 Å². The van der Waals surface area contributed by atoms with Crippen LogP contribution in [0, 0.1) is 0 Å². The molecule has 9 heteroatoms. The second-order valence-corrected chi connectivity index (χ2v) is 10.3. The van der Waals surface area contributed by atoms with Crippen molar-refractivity contribution in [3.05, 3.63) is 60.2 Å². The average molecular weight is 482 g/mol. The first kappa shape index (κ1) is 23.3. The number of anilines is 1. The molecule has 1 saturated heterocycles. The van der Waals surface area contributed by atoms with Crippen molar-refractivity contribution in [1.29, 1.82) is 0 Å². The van der Waals surface area contributed by atoms with Crippen LogP contribution in [0.1, 0.15) is 24.2 Å². The van der Waals surface area contributed by atoms with E-state index < -0.39 is 0 Å². The molecule has 3 aromatic rings. The molecule has 2 aromatic carbocycles. The van der Waals surface area contributed by atoms with Crippen LogP contribution in [-0.2, 0) is 4.79 Å². The fourth-order valence-electron chi connectivity index (χ4n) is 3.60. The Morgan fingerprint density at radius 1 is 0.970 bits per heavy atom. The van der Waals surface area contributed by atoms with Crippen molar-refractivity contribution in [2.45, 2.75) is 24.2 Å². The minimum atomic E-state index is -0.00400. The molecule has 0 aliphatic carbocycles. The van der Waals surface area contributed by atoms with Crippen LogP contribution in [0.15, 0.2) is 58.9 Å². The predicted molar refractivity (Wildman–Crippen MR) is 134 cm³/mol. The summed E-state index contributed by atoms with van der Waals surface area (Å²) in [6.45, 7) is 6.57. The average Bonchev–Trinajstić information content (AvgIpc) is 3.32. The summed E-state index contributed by atoms with van der Waals surface area (Å²) in [5, 5.41) is 12.2. The maximum Gasteiger partial charge on any atom is 0.253 e. The van der Waals surface area contributed by atoms with Gasteiger partial charge >= 0.3 is 0 Å². The molecule has 1 aliphatic rings. The van der Waals surface area contributed by atoms with Crippen molar-refractivity contribution >= 4 is 40.0 Å². The number of nitrogens with one attached hydrogen (secondary N) is 1. The zero-order valence-corrected chi connectivity index (χ0v) is 20.4. The lowest BCUT2D eigenvalue weighted by Crippen LogP contribution is -2.48. The Morgan fingerprint density at radius 3 is 2.30 bits per heavy atom. The van der Waals surface area contributed by atoms with E-state index in [9.17, 15) is 9.59 Å². The largest absolute Gasteiger partial charge is 0.353 e. The molecule has 0 unspecified atom stereocenters. The van der Waals surface area contributed by atoms with E-state index in [1.165, 1.54) is 23.1 Å². The number of rotatable bonds is 7. The van der Waals surface area contributed by atoms with Crippen molar-refractivity contribution in [1.82, 2.24) is 20.4 Å². The van der Waals surface area contributed by atoms with Crippen molar-refractivity contribution in [3.63, 3.8) is 0 Å². The zero-order chi connectivity index (χ0) is 23.2. The zero-order valence-electron chi connectivity index (χ0n) is 18.7. The second-order valence-electron chi connectivity index (χ2n) is 8.08. The van der Waals surface area contributed by atoms with E-state index in [0.717, 1.165) is 20.6 Å². The van der Waals surface area contributed by atoms with Gasteiger partial charge in [-0.1, -0.05) is 65.6 Å². The highest BCUT2D eigenvalue weighted by atomic mass is 32.2. The number of benzene rings is 2. The summed E-state index contributed by atoms with van der Waals surface area (Å²) in [7, 11) is 0. The minimum absolute atomic E-state index is 0.00400. The van der Waals surface area contributed by atoms with Crippen LogP contribution >= 0.6 is 23.1 Å². The van der Waals surface area contributed by atoms with Crippen LogP contribution in [0.2, 0.25) is 0 Å². The number of carbonyl (C=O) groups excluding carboxylic acids is 2. The van der Waals surface area contributed by atoms with Crippen LogP contribution in [0.25, 0.3) is 11.1 Å². The number of carbonyl (C=O) groups is 2. The quantitative estimate of drug-likeness (QED) is 0.518. The molecule has 0 saturated carbocycles. The van der Waals surface area contributed by atoms with Gasteiger partial charge in [0.1, 0.15) is 0 Å². The maximum atomic E-state index is 13.0. The lowest BCUT2D eigenvalue weighted by Gasteiger charge is -2.34. The van der Waals surface area contributed by atoms with Crippen LogP contribution < -0.4 is 10.2 Å². The van der Waals surface area contributed by atoms with Crippen LogP contribution in [0.5, 0.6) is 0 Å². The molecule has 7 nitrogen and oxygen atoms in total. The van der Waals surface area contributed by atoms with Gasteiger partial charge in [-0.05, 0) is 37.1 Å². The summed E-state index contributed by atoms with van der Waals surface area (Å²) >= 11 is 2.89. The van der Waals surface area contributed by atoms with E-state index in [1.807, 2.05) is 61.2 Å². The molecule has 0 radical (unpaired) electrons. The smallest absolute Gasteiger partial charge is 0.253 e. The number of piperazine rings is 1. The number of amides is 2. The van der Waals surface area contributed by atoms with E-state index in [0.29, 0.717) is 37.5 Å². The monoisotopic (exact) mass is 481 g/mol. The van der Waals surface area contributed by atoms with Gasteiger partial charge < -0.3 is 15.1 Å². The third-order valence-corrected chi connectivity index (χ3v) is 7.37. The standard InChI is InChI=1S/C24H27N5O2S2/c1-17(2)25-21(30)16-32-24-27-26-23(33-24)29-14-12-28(13-15-29)22(31)20-10-8-19(9-11-20)18-6-4-3-5-7-18/h3-11,17H,12-16H2,1-2H3,(H,25,30). The highest BCUT2D eigenvalue weighted by molar-refractivity contribution is 8.01. The lowest BCUT2D eigenvalue weighted by atomic mass is 10.0. The Morgan fingerprint density at radius 2 is 1.64 bits per heavy atom. The van der Waals surface area contributed by atoms with Gasteiger partial charge in [0.25, 0.3) is 5.91 Å². The molecule has 2 heterocycles. The number of hydrogen-bond acceptors (Lipinski definition) is 7.